The second-order valence-electron chi connectivity index (χ2n) is 7.57. The van der Waals surface area contributed by atoms with E-state index >= 15 is 0 Å². The van der Waals surface area contributed by atoms with Gasteiger partial charge in [-0.1, -0.05) is 17.7 Å². The van der Waals surface area contributed by atoms with Gasteiger partial charge in [-0.15, -0.1) is 0 Å². The van der Waals surface area contributed by atoms with Crippen LogP contribution in [0, 0.1) is 23.5 Å². The highest BCUT2D eigenvalue weighted by Crippen LogP contribution is 2.54. The Balaban J connectivity index is 1.67. The standard InChI is InChI=1S/C18H18ClF3N4O2S/c1-25(2)18-7-10(18)8-26(9-18)12-6-11(20)17(16(22)15(12)19)29(27,28)24-14-5-3-4-13(21)23-14/h3-6,10H,7-9H2,1-2H3,(H,23,24)/t10?,18-/m0/s1. The van der Waals surface area contributed by atoms with E-state index < -0.39 is 43.3 Å². The predicted octanol–water partition coefficient (Wildman–Crippen LogP) is 3.09. The van der Waals surface area contributed by atoms with E-state index in [-0.39, 0.29) is 11.2 Å². The van der Waals surface area contributed by atoms with Crippen molar-refractivity contribution in [2.45, 2.75) is 16.9 Å². The highest BCUT2D eigenvalue weighted by Gasteiger charge is 2.61. The second kappa shape index (κ2) is 6.75. The molecule has 0 amide bonds. The molecular formula is C18H18ClF3N4O2S. The summed E-state index contributed by atoms with van der Waals surface area (Å²) in [5.41, 5.74) is 0.0592. The van der Waals surface area contributed by atoms with Crippen LogP contribution in [0.25, 0.3) is 0 Å². The lowest BCUT2D eigenvalue weighted by molar-refractivity contribution is 0.278. The van der Waals surface area contributed by atoms with Crippen LogP contribution < -0.4 is 9.62 Å². The Kier molecular flexibility index (Phi) is 4.71. The van der Waals surface area contributed by atoms with Gasteiger partial charge in [0.2, 0.25) is 5.95 Å². The number of fused-ring (bicyclic) bond motifs is 1. The van der Waals surface area contributed by atoms with Crippen LogP contribution >= 0.6 is 11.6 Å². The molecule has 1 aliphatic carbocycles. The predicted molar refractivity (Wildman–Crippen MR) is 103 cm³/mol. The lowest BCUT2D eigenvalue weighted by Crippen LogP contribution is -2.37. The van der Waals surface area contributed by atoms with Gasteiger partial charge in [0, 0.05) is 24.7 Å². The summed E-state index contributed by atoms with van der Waals surface area (Å²) < 4.78 is 69.7. The SMILES string of the molecule is CN(C)[C@]12CC1CN(c1cc(F)c(S(=O)(=O)Nc3cccc(F)n3)c(F)c1Cl)C2. The summed E-state index contributed by atoms with van der Waals surface area (Å²) in [6, 6.07) is 4.30. The highest BCUT2D eigenvalue weighted by molar-refractivity contribution is 7.92. The molecule has 2 aromatic rings. The van der Waals surface area contributed by atoms with Gasteiger partial charge in [-0.3, -0.25) is 4.72 Å². The fourth-order valence-corrected chi connectivity index (χ4v) is 5.50. The Labute approximate surface area is 171 Å². The van der Waals surface area contributed by atoms with Gasteiger partial charge < -0.3 is 9.80 Å². The monoisotopic (exact) mass is 446 g/mol. The first-order valence-electron chi connectivity index (χ1n) is 8.80. The van der Waals surface area contributed by atoms with E-state index in [0.717, 1.165) is 24.6 Å². The molecule has 0 spiro atoms. The number of aromatic nitrogens is 1. The molecule has 2 aliphatic rings. The molecule has 1 saturated heterocycles. The molecule has 6 nitrogen and oxygen atoms in total. The minimum Gasteiger partial charge on any atom is -0.368 e. The topological polar surface area (TPSA) is 65.5 Å². The molecule has 1 saturated carbocycles. The summed E-state index contributed by atoms with van der Waals surface area (Å²) in [6.07, 6.45) is 0.996. The quantitative estimate of drug-likeness (QED) is 0.565. The fraction of sp³-hybridized carbons (Fsp3) is 0.389. The van der Waals surface area contributed by atoms with E-state index in [1.165, 1.54) is 6.07 Å². The van der Waals surface area contributed by atoms with E-state index in [9.17, 15) is 21.6 Å². The molecule has 1 aromatic carbocycles. The van der Waals surface area contributed by atoms with Gasteiger partial charge in [0.1, 0.15) is 16.7 Å². The van der Waals surface area contributed by atoms with Crippen molar-refractivity contribution < 1.29 is 21.6 Å². The molecule has 2 fully saturated rings. The maximum atomic E-state index is 14.9. The normalized spacial score (nSPS) is 23.4. The molecule has 2 atom stereocenters. The number of nitrogens with one attached hydrogen (secondary N) is 1. The van der Waals surface area contributed by atoms with Gasteiger partial charge in [-0.05, 0) is 38.6 Å². The van der Waals surface area contributed by atoms with Crippen molar-refractivity contribution in [1.29, 1.82) is 0 Å². The molecule has 156 valence electrons. The van der Waals surface area contributed by atoms with Crippen molar-refractivity contribution in [3.63, 3.8) is 0 Å². The summed E-state index contributed by atoms with van der Waals surface area (Å²) >= 11 is 6.11. The Morgan fingerprint density at radius 3 is 2.66 bits per heavy atom. The molecule has 0 radical (unpaired) electrons. The molecule has 1 N–H and O–H groups in total. The molecular weight excluding hydrogens is 429 g/mol. The van der Waals surface area contributed by atoms with Crippen LogP contribution in [0.4, 0.5) is 24.7 Å². The maximum absolute atomic E-state index is 14.9. The van der Waals surface area contributed by atoms with Gasteiger partial charge in [0.15, 0.2) is 10.7 Å². The first-order chi connectivity index (χ1) is 13.5. The first kappa shape index (κ1) is 20.2. The van der Waals surface area contributed by atoms with Crippen LogP contribution in [0.5, 0.6) is 0 Å². The maximum Gasteiger partial charge on any atom is 0.268 e. The second-order valence-corrected chi connectivity index (χ2v) is 9.56. The Morgan fingerprint density at radius 2 is 2.03 bits per heavy atom. The zero-order valence-electron chi connectivity index (χ0n) is 15.6. The minimum absolute atomic E-state index is 0.0500. The number of halogens is 4. The third-order valence-corrected chi connectivity index (χ3v) is 7.41. The largest absolute Gasteiger partial charge is 0.368 e. The summed E-state index contributed by atoms with van der Waals surface area (Å²) in [6.45, 7) is 1.12. The highest BCUT2D eigenvalue weighted by atomic mass is 35.5. The number of nitrogens with zero attached hydrogens (tertiary/aromatic N) is 3. The molecule has 4 rings (SSSR count). The minimum atomic E-state index is -4.72. The van der Waals surface area contributed by atoms with Gasteiger partial charge >= 0.3 is 0 Å². The van der Waals surface area contributed by atoms with Gasteiger partial charge in [0.05, 0.1) is 5.69 Å². The molecule has 1 aliphatic heterocycles. The summed E-state index contributed by atoms with van der Waals surface area (Å²) in [7, 11) is -0.817. The van der Waals surface area contributed by atoms with Crippen molar-refractivity contribution in [1.82, 2.24) is 9.88 Å². The third-order valence-electron chi connectivity index (χ3n) is 5.66. The van der Waals surface area contributed by atoms with Crippen LogP contribution in [0.2, 0.25) is 5.02 Å². The number of piperidine rings is 1. The molecule has 2 heterocycles. The van der Waals surface area contributed by atoms with Crippen LogP contribution in [0.1, 0.15) is 6.42 Å². The van der Waals surface area contributed by atoms with Crippen LogP contribution in [-0.2, 0) is 10.0 Å². The third kappa shape index (κ3) is 3.32. The van der Waals surface area contributed by atoms with E-state index in [4.69, 9.17) is 11.6 Å². The average molecular weight is 447 g/mol. The molecule has 1 unspecified atom stereocenters. The number of rotatable bonds is 5. The smallest absolute Gasteiger partial charge is 0.268 e. The number of pyridine rings is 1. The molecule has 11 heteroatoms. The first-order valence-corrected chi connectivity index (χ1v) is 10.7. The summed E-state index contributed by atoms with van der Waals surface area (Å²) in [5.74, 6) is -3.67. The Morgan fingerprint density at radius 1 is 1.31 bits per heavy atom. The van der Waals surface area contributed by atoms with Crippen LogP contribution in [0.15, 0.2) is 29.2 Å². The number of likely N-dealkylation sites (N-methyl/N-ethyl adjacent to an activating group) is 1. The Bertz CT molecular complexity index is 1100. The van der Waals surface area contributed by atoms with E-state index in [0.29, 0.717) is 19.0 Å². The molecule has 1 aromatic heterocycles. The van der Waals surface area contributed by atoms with E-state index in [1.54, 1.807) is 4.90 Å². The summed E-state index contributed by atoms with van der Waals surface area (Å²) in [4.78, 5) is 5.96. The van der Waals surface area contributed by atoms with E-state index in [1.807, 2.05) is 18.8 Å². The Hall–Kier alpha value is -2.04. The van der Waals surface area contributed by atoms with Crippen LogP contribution in [-0.4, -0.2) is 51.0 Å². The van der Waals surface area contributed by atoms with Crippen molar-refractivity contribution >= 4 is 33.1 Å². The number of benzene rings is 1. The zero-order chi connectivity index (χ0) is 21.1. The van der Waals surface area contributed by atoms with Gasteiger partial charge in [-0.2, -0.15) is 4.39 Å². The van der Waals surface area contributed by atoms with Gasteiger partial charge in [-0.25, -0.2) is 22.2 Å². The van der Waals surface area contributed by atoms with Crippen molar-refractivity contribution in [2.75, 3.05) is 36.8 Å². The lowest BCUT2D eigenvalue weighted by Gasteiger charge is -2.28. The van der Waals surface area contributed by atoms with Crippen molar-refractivity contribution in [3.05, 3.63) is 46.9 Å². The number of hydrogen-bond acceptors (Lipinski definition) is 5. The van der Waals surface area contributed by atoms with Crippen molar-refractivity contribution in [3.8, 4) is 0 Å². The summed E-state index contributed by atoms with van der Waals surface area (Å²) in [5, 5.41) is -0.478. The van der Waals surface area contributed by atoms with E-state index in [2.05, 4.69) is 9.88 Å². The molecule has 0 bridgehead atoms. The number of anilines is 2. The van der Waals surface area contributed by atoms with Gasteiger partial charge in [0.25, 0.3) is 10.0 Å². The van der Waals surface area contributed by atoms with Crippen LogP contribution in [0.3, 0.4) is 0 Å². The zero-order valence-corrected chi connectivity index (χ0v) is 17.2. The number of sulfonamides is 1. The number of hydrogen-bond donors (Lipinski definition) is 1. The van der Waals surface area contributed by atoms with Crippen molar-refractivity contribution in [2.24, 2.45) is 5.92 Å². The average Bonchev–Trinajstić information content (AvgIpc) is 3.19. The fourth-order valence-electron chi connectivity index (χ4n) is 4.03. The lowest BCUT2D eigenvalue weighted by atomic mass is 10.2. The molecule has 29 heavy (non-hydrogen) atoms.